The third-order valence-electron chi connectivity index (χ3n) is 5.24. The van der Waals surface area contributed by atoms with Gasteiger partial charge in [-0.15, -0.1) is 0 Å². The summed E-state index contributed by atoms with van der Waals surface area (Å²) in [6, 6.07) is 6.35. The van der Waals surface area contributed by atoms with E-state index < -0.39 is 0 Å². The number of hydrogen-bond acceptors (Lipinski definition) is 3. The summed E-state index contributed by atoms with van der Waals surface area (Å²) in [5.41, 5.74) is 3.59. The predicted molar refractivity (Wildman–Crippen MR) is 102 cm³/mol. The summed E-state index contributed by atoms with van der Waals surface area (Å²) in [4.78, 5) is 16.9. The number of nitrogens with one attached hydrogen (secondary N) is 1. The van der Waals surface area contributed by atoms with Crippen LogP contribution in [-0.4, -0.2) is 50.3 Å². The maximum absolute atomic E-state index is 12.5. The fourth-order valence-electron chi connectivity index (χ4n) is 3.74. The molecule has 0 saturated carbocycles. The van der Waals surface area contributed by atoms with Crippen molar-refractivity contribution in [3.8, 4) is 0 Å². The van der Waals surface area contributed by atoms with Crippen molar-refractivity contribution in [2.75, 3.05) is 49.6 Å². The molecule has 1 saturated heterocycles. The molecular weight excluding hydrogens is 314 g/mol. The van der Waals surface area contributed by atoms with E-state index in [0.29, 0.717) is 5.92 Å². The van der Waals surface area contributed by atoms with Crippen molar-refractivity contribution in [3.63, 3.8) is 0 Å². The lowest BCUT2D eigenvalue weighted by molar-refractivity contribution is 0.113. The maximum atomic E-state index is 12.5. The number of amides is 2. The van der Waals surface area contributed by atoms with Crippen LogP contribution in [0.3, 0.4) is 0 Å². The van der Waals surface area contributed by atoms with E-state index in [2.05, 4.69) is 29.3 Å². The lowest BCUT2D eigenvalue weighted by atomic mass is 10.1. The van der Waals surface area contributed by atoms with Gasteiger partial charge in [-0.25, -0.2) is 4.79 Å². The first-order valence-electron chi connectivity index (χ1n) is 9.72. The molecule has 0 bridgehead atoms. The SMILES string of the molecule is CCCCN1CCc2ccc(NC(=O)N3CC[C@H](COCC)C3)cc21. The number of unbranched alkanes of at least 4 members (excludes halogenated alkanes) is 1. The van der Waals surface area contributed by atoms with Crippen LogP contribution in [0.15, 0.2) is 18.2 Å². The molecule has 2 heterocycles. The molecule has 0 spiro atoms. The topological polar surface area (TPSA) is 44.8 Å². The number of rotatable bonds is 7. The first-order valence-corrected chi connectivity index (χ1v) is 9.72. The van der Waals surface area contributed by atoms with E-state index in [1.807, 2.05) is 17.9 Å². The van der Waals surface area contributed by atoms with Crippen LogP contribution in [0.5, 0.6) is 0 Å². The lowest BCUT2D eigenvalue weighted by Gasteiger charge is -2.21. The standard InChI is InChI=1S/C20H31N3O2/c1-3-5-10-22-12-9-17-6-7-18(13-19(17)22)21-20(24)23-11-8-16(14-23)15-25-4-2/h6-7,13,16H,3-5,8-12,14-15H2,1-2H3,(H,21,24)/t16-/m0/s1. The highest BCUT2D eigenvalue weighted by atomic mass is 16.5. The molecule has 1 aromatic carbocycles. The number of carbonyl (C=O) groups is 1. The van der Waals surface area contributed by atoms with Crippen LogP contribution >= 0.6 is 0 Å². The van der Waals surface area contributed by atoms with E-state index in [9.17, 15) is 4.79 Å². The summed E-state index contributed by atoms with van der Waals surface area (Å²) in [7, 11) is 0. The molecule has 1 aromatic rings. The second-order valence-electron chi connectivity index (χ2n) is 7.12. The summed E-state index contributed by atoms with van der Waals surface area (Å²) < 4.78 is 5.49. The van der Waals surface area contributed by atoms with Gasteiger partial charge in [0.1, 0.15) is 0 Å². The van der Waals surface area contributed by atoms with Crippen LogP contribution in [0.25, 0.3) is 0 Å². The van der Waals surface area contributed by atoms with Crippen molar-refractivity contribution in [3.05, 3.63) is 23.8 Å². The normalized spacial score (nSPS) is 19.4. The molecule has 0 aromatic heterocycles. The van der Waals surface area contributed by atoms with Crippen LogP contribution < -0.4 is 10.2 Å². The van der Waals surface area contributed by atoms with Crippen LogP contribution in [0, 0.1) is 5.92 Å². The Kier molecular flexibility index (Phi) is 6.19. The van der Waals surface area contributed by atoms with E-state index >= 15 is 0 Å². The molecule has 138 valence electrons. The zero-order valence-electron chi connectivity index (χ0n) is 15.6. The van der Waals surface area contributed by atoms with Crippen LogP contribution in [0.1, 0.15) is 38.7 Å². The van der Waals surface area contributed by atoms with Gasteiger partial charge < -0.3 is 19.9 Å². The van der Waals surface area contributed by atoms with Gasteiger partial charge in [-0.1, -0.05) is 19.4 Å². The molecule has 0 radical (unpaired) electrons. The Bertz CT molecular complexity index is 590. The highest BCUT2D eigenvalue weighted by molar-refractivity contribution is 5.90. The van der Waals surface area contributed by atoms with Crippen molar-refractivity contribution in [2.45, 2.75) is 39.5 Å². The van der Waals surface area contributed by atoms with Crippen molar-refractivity contribution >= 4 is 17.4 Å². The monoisotopic (exact) mass is 345 g/mol. The predicted octanol–water partition coefficient (Wildman–Crippen LogP) is 3.74. The molecule has 5 heteroatoms. The van der Waals surface area contributed by atoms with Gasteiger partial charge in [0.15, 0.2) is 0 Å². The summed E-state index contributed by atoms with van der Waals surface area (Å²) in [5, 5.41) is 3.09. The van der Waals surface area contributed by atoms with E-state index in [-0.39, 0.29) is 6.03 Å². The van der Waals surface area contributed by atoms with Crippen LogP contribution in [-0.2, 0) is 11.2 Å². The average molecular weight is 345 g/mol. The van der Waals surface area contributed by atoms with Gasteiger partial charge in [-0.2, -0.15) is 0 Å². The molecule has 0 unspecified atom stereocenters. The molecule has 25 heavy (non-hydrogen) atoms. The minimum Gasteiger partial charge on any atom is -0.381 e. The first kappa shape index (κ1) is 18.1. The number of nitrogens with zero attached hydrogens (tertiary/aromatic N) is 2. The molecular formula is C20H31N3O2. The Hall–Kier alpha value is -1.75. The van der Waals surface area contributed by atoms with Crippen LogP contribution in [0.2, 0.25) is 0 Å². The Morgan fingerprint density at radius 3 is 3.00 bits per heavy atom. The number of urea groups is 1. The average Bonchev–Trinajstić information content (AvgIpc) is 3.25. The van der Waals surface area contributed by atoms with E-state index in [0.717, 1.165) is 57.9 Å². The molecule has 1 atom stereocenters. The Labute approximate surface area is 151 Å². The third kappa shape index (κ3) is 4.46. The first-order chi connectivity index (χ1) is 12.2. The molecule has 5 nitrogen and oxygen atoms in total. The highest BCUT2D eigenvalue weighted by Crippen LogP contribution is 2.31. The minimum atomic E-state index is 0.0112. The van der Waals surface area contributed by atoms with E-state index in [1.165, 1.54) is 24.1 Å². The summed E-state index contributed by atoms with van der Waals surface area (Å²) >= 11 is 0. The second kappa shape index (κ2) is 8.56. The van der Waals surface area contributed by atoms with Gasteiger partial charge in [-0.3, -0.25) is 0 Å². The van der Waals surface area contributed by atoms with Crippen molar-refractivity contribution in [2.24, 2.45) is 5.92 Å². The molecule has 1 N–H and O–H groups in total. The zero-order valence-corrected chi connectivity index (χ0v) is 15.6. The Morgan fingerprint density at radius 2 is 2.20 bits per heavy atom. The van der Waals surface area contributed by atoms with Crippen molar-refractivity contribution in [1.82, 2.24) is 4.90 Å². The Balaban J connectivity index is 1.57. The summed E-state index contributed by atoms with van der Waals surface area (Å²) in [6.45, 7) is 9.54. The number of fused-ring (bicyclic) bond motifs is 1. The number of ether oxygens (including phenoxy) is 1. The van der Waals surface area contributed by atoms with Gasteiger partial charge in [0, 0.05) is 50.1 Å². The fourth-order valence-corrected chi connectivity index (χ4v) is 3.74. The zero-order chi connectivity index (χ0) is 17.6. The second-order valence-corrected chi connectivity index (χ2v) is 7.12. The summed E-state index contributed by atoms with van der Waals surface area (Å²) in [6.07, 6.45) is 4.56. The van der Waals surface area contributed by atoms with Gasteiger partial charge in [0.05, 0.1) is 6.61 Å². The van der Waals surface area contributed by atoms with E-state index in [4.69, 9.17) is 4.74 Å². The fraction of sp³-hybridized carbons (Fsp3) is 0.650. The van der Waals surface area contributed by atoms with E-state index in [1.54, 1.807) is 0 Å². The number of benzene rings is 1. The molecule has 0 aliphatic carbocycles. The summed E-state index contributed by atoms with van der Waals surface area (Å²) in [5.74, 6) is 0.468. The molecule has 2 aliphatic heterocycles. The minimum absolute atomic E-state index is 0.0112. The smallest absolute Gasteiger partial charge is 0.321 e. The Morgan fingerprint density at radius 1 is 1.32 bits per heavy atom. The number of hydrogen-bond donors (Lipinski definition) is 1. The molecule has 2 amide bonds. The lowest BCUT2D eigenvalue weighted by Crippen LogP contribution is -2.33. The number of anilines is 2. The number of carbonyl (C=O) groups excluding carboxylic acids is 1. The maximum Gasteiger partial charge on any atom is 0.321 e. The van der Waals surface area contributed by atoms with Crippen molar-refractivity contribution in [1.29, 1.82) is 0 Å². The van der Waals surface area contributed by atoms with Gasteiger partial charge in [0.25, 0.3) is 0 Å². The van der Waals surface area contributed by atoms with Gasteiger partial charge >= 0.3 is 6.03 Å². The third-order valence-corrected chi connectivity index (χ3v) is 5.24. The van der Waals surface area contributed by atoms with Gasteiger partial charge in [0.2, 0.25) is 0 Å². The highest BCUT2D eigenvalue weighted by Gasteiger charge is 2.26. The molecule has 1 fully saturated rings. The van der Waals surface area contributed by atoms with Gasteiger partial charge in [-0.05, 0) is 43.9 Å². The quantitative estimate of drug-likeness (QED) is 0.819. The number of likely N-dealkylation sites (tertiary alicyclic amines) is 1. The van der Waals surface area contributed by atoms with Crippen molar-refractivity contribution < 1.29 is 9.53 Å². The van der Waals surface area contributed by atoms with Crippen LogP contribution in [0.4, 0.5) is 16.2 Å². The molecule has 3 rings (SSSR count). The largest absolute Gasteiger partial charge is 0.381 e. The molecule has 2 aliphatic rings.